The van der Waals surface area contributed by atoms with Crippen molar-refractivity contribution in [2.75, 3.05) is 13.1 Å². The van der Waals surface area contributed by atoms with Crippen LogP contribution in [-0.2, 0) is 0 Å². The van der Waals surface area contributed by atoms with Gasteiger partial charge in [0.2, 0.25) is 0 Å². The molecule has 2 amide bonds. The first kappa shape index (κ1) is 8.74. The molecule has 0 aromatic heterocycles. The van der Waals surface area contributed by atoms with Gasteiger partial charge in [0.25, 0.3) is 0 Å². The number of hydrogen-bond acceptors (Lipinski definition) is 2. The lowest BCUT2D eigenvalue weighted by Crippen LogP contribution is -2.23. The van der Waals surface area contributed by atoms with E-state index in [4.69, 9.17) is 0 Å². The number of carbonyl (C=O) groups excluding carboxylic acids is 1. The van der Waals surface area contributed by atoms with Crippen molar-refractivity contribution in [3.05, 3.63) is 35.9 Å². The standard InChI is InChI=1S/C10H11N3O/c14-10-11-6-7-13(10)12-8-9-4-2-1-3-5-9/h1-5,8H,6-7H2,(H,11,14)/b12-8+. The van der Waals surface area contributed by atoms with Gasteiger partial charge in [0.05, 0.1) is 12.8 Å². The Kier molecular flexibility index (Phi) is 2.44. The molecule has 0 aliphatic carbocycles. The van der Waals surface area contributed by atoms with Gasteiger partial charge in [-0.15, -0.1) is 0 Å². The monoisotopic (exact) mass is 189 g/mol. The summed E-state index contributed by atoms with van der Waals surface area (Å²) >= 11 is 0. The quantitative estimate of drug-likeness (QED) is 0.694. The molecule has 0 spiro atoms. The molecule has 1 saturated heterocycles. The average Bonchev–Trinajstić information content (AvgIpc) is 2.63. The van der Waals surface area contributed by atoms with E-state index in [-0.39, 0.29) is 6.03 Å². The maximum Gasteiger partial charge on any atom is 0.337 e. The second-order valence-corrected chi connectivity index (χ2v) is 3.01. The van der Waals surface area contributed by atoms with E-state index >= 15 is 0 Å². The zero-order chi connectivity index (χ0) is 9.80. The zero-order valence-corrected chi connectivity index (χ0v) is 7.68. The van der Waals surface area contributed by atoms with Crippen molar-refractivity contribution in [1.29, 1.82) is 0 Å². The van der Waals surface area contributed by atoms with Crippen LogP contribution < -0.4 is 5.32 Å². The summed E-state index contributed by atoms with van der Waals surface area (Å²) in [6.45, 7) is 1.31. The molecular formula is C10H11N3O. The van der Waals surface area contributed by atoms with Crippen LogP contribution in [0.3, 0.4) is 0 Å². The van der Waals surface area contributed by atoms with Gasteiger partial charge in [0, 0.05) is 6.54 Å². The van der Waals surface area contributed by atoms with Crippen molar-refractivity contribution >= 4 is 12.2 Å². The molecule has 0 unspecified atom stereocenters. The predicted molar refractivity (Wildman–Crippen MR) is 54.1 cm³/mol. The van der Waals surface area contributed by atoms with Crippen molar-refractivity contribution in [3.8, 4) is 0 Å². The van der Waals surface area contributed by atoms with Crippen LogP contribution in [0.1, 0.15) is 5.56 Å². The fraction of sp³-hybridized carbons (Fsp3) is 0.200. The summed E-state index contributed by atoms with van der Waals surface area (Å²) in [5.41, 5.74) is 0.993. The largest absolute Gasteiger partial charge is 0.337 e. The van der Waals surface area contributed by atoms with Crippen LogP contribution in [-0.4, -0.2) is 30.3 Å². The van der Waals surface area contributed by atoms with Gasteiger partial charge in [-0.25, -0.2) is 9.80 Å². The summed E-state index contributed by atoms with van der Waals surface area (Å²) in [6, 6.07) is 9.57. The summed E-state index contributed by atoms with van der Waals surface area (Å²) in [6.07, 6.45) is 1.69. The van der Waals surface area contributed by atoms with E-state index < -0.39 is 0 Å². The van der Waals surface area contributed by atoms with Gasteiger partial charge in [0.15, 0.2) is 0 Å². The van der Waals surface area contributed by atoms with Crippen LogP contribution >= 0.6 is 0 Å². The second-order valence-electron chi connectivity index (χ2n) is 3.01. The second kappa shape index (κ2) is 3.91. The molecule has 14 heavy (non-hydrogen) atoms. The molecule has 1 aliphatic heterocycles. The van der Waals surface area contributed by atoms with Gasteiger partial charge in [-0.2, -0.15) is 5.10 Å². The summed E-state index contributed by atoms with van der Waals surface area (Å²) in [7, 11) is 0. The third-order valence-corrected chi connectivity index (χ3v) is 1.98. The normalized spacial score (nSPS) is 16.3. The van der Waals surface area contributed by atoms with E-state index in [1.807, 2.05) is 30.3 Å². The van der Waals surface area contributed by atoms with E-state index in [9.17, 15) is 4.79 Å². The highest BCUT2D eigenvalue weighted by Gasteiger charge is 2.17. The van der Waals surface area contributed by atoms with Crippen LogP contribution in [0.2, 0.25) is 0 Å². The number of amides is 2. The fourth-order valence-electron chi connectivity index (χ4n) is 1.25. The SMILES string of the molecule is O=C1NCCN1/N=C/c1ccccc1. The molecule has 1 aromatic carbocycles. The summed E-state index contributed by atoms with van der Waals surface area (Å²) in [5.74, 6) is 0. The lowest BCUT2D eigenvalue weighted by atomic mass is 10.2. The predicted octanol–water partition coefficient (Wildman–Crippen LogP) is 1.05. The molecule has 0 atom stereocenters. The van der Waals surface area contributed by atoms with Gasteiger partial charge in [-0.05, 0) is 5.56 Å². The minimum atomic E-state index is -0.128. The third kappa shape index (κ3) is 1.90. The zero-order valence-electron chi connectivity index (χ0n) is 7.68. The number of carbonyl (C=O) groups is 1. The van der Waals surface area contributed by atoms with E-state index in [1.54, 1.807) is 6.21 Å². The first-order valence-corrected chi connectivity index (χ1v) is 4.51. The van der Waals surface area contributed by atoms with Crippen LogP contribution in [0.5, 0.6) is 0 Å². The van der Waals surface area contributed by atoms with Gasteiger partial charge < -0.3 is 5.32 Å². The molecule has 1 aromatic rings. The van der Waals surface area contributed by atoms with E-state index in [1.165, 1.54) is 5.01 Å². The Balaban J connectivity index is 2.03. The van der Waals surface area contributed by atoms with Gasteiger partial charge in [-0.3, -0.25) is 0 Å². The van der Waals surface area contributed by atoms with E-state index in [2.05, 4.69) is 10.4 Å². The number of nitrogens with zero attached hydrogens (tertiary/aromatic N) is 2. The Morgan fingerprint density at radius 3 is 2.79 bits per heavy atom. The highest BCUT2D eigenvalue weighted by atomic mass is 16.2. The molecule has 1 heterocycles. The van der Waals surface area contributed by atoms with E-state index in [0.717, 1.165) is 5.56 Å². The highest BCUT2D eigenvalue weighted by Crippen LogP contribution is 1.99. The minimum absolute atomic E-state index is 0.128. The molecule has 0 bridgehead atoms. The number of urea groups is 1. The topological polar surface area (TPSA) is 44.7 Å². The number of rotatable bonds is 2. The molecule has 4 heteroatoms. The average molecular weight is 189 g/mol. The Morgan fingerprint density at radius 2 is 2.14 bits per heavy atom. The molecule has 0 saturated carbocycles. The smallest absolute Gasteiger partial charge is 0.335 e. The van der Waals surface area contributed by atoms with Crippen LogP contribution in [0.15, 0.2) is 35.4 Å². The molecule has 1 N–H and O–H groups in total. The van der Waals surface area contributed by atoms with Crippen LogP contribution in [0.25, 0.3) is 0 Å². The van der Waals surface area contributed by atoms with Gasteiger partial charge in [0.1, 0.15) is 0 Å². The summed E-state index contributed by atoms with van der Waals surface area (Å²) < 4.78 is 0. The Labute approximate surface area is 82.2 Å². The number of hydrazone groups is 1. The molecule has 72 valence electrons. The molecule has 0 radical (unpaired) electrons. The number of nitrogens with one attached hydrogen (secondary N) is 1. The van der Waals surface area contributed by atoms with Crippen molar-refractivity contribution in [2.24, 2.45) is 5.10 Å². The number of benzene rings is 1. The van der Waals surface area contributed by atoms with Crippen molar-refractivity contribution < 1.29 is 4.79 Å². The van der Waals surface area contributed by atoms with Gasteiger partial charge >= 0.3 is 6.03 Å². The molecule has 4 nitrogen and oxygen atoms in total. The highest BCUT2D eigenvalue weighted by molar-refractivity contribution is 5.82. The molecule has 1 aliphatic rings. The maximum absolute atomic E-state index is 11.1. The van der Waals surface area contributed by atoms with Crippen molar-refractivity contribution in [1.82, 2.24) is 10.3 Å². The van der Waals surface area contributed by atoms with Crippen molar-refractivity contribution in [3.63, 3.8) is 0 Å². The minimum Gasteiger partial charge on any atom is -0.335 e. The molecular weight excluding hydrogens is 178 g/mol. The van der Waals surface area contributed by atoms with Gasteiger partial charge in [-0.1, -0.05) is 30.3 Å². The third-order valence-electron chi connectivity index (χ3n) is 1.98. The first-order chi connectivity index (χ1) is 6.86. The molecule has 1 fully saturated rings. The Morgan fingerprint density at radius 1 is 1.36 bits per heavy atom. The van der Waals surface area contributed by atoms with Crippen LogP contribution in [0.4, 0.5) is 4.79 Å². The Bertz CT molecular complexity index is 348. The summed E-state index contributed by atoms with van der Waals surface area (Å²) in [4.78, 5) is 11.1. The fourth-order valence-corrected chi connectivity index (χ4v) is 1.25. The van der Waals surface area contributed by atoms with Crippen LogP contribution in [0, 0.1) is 0 Å². The lowest BCUT2D eigenvalue weighted by molar-refractivity contribution is 0.219. The first-order valence-electron chi connectivity index (χ1n) is 4.51. The summed E-state index contributed by atoms with van der Waals surface area (Å²) in [5, 5.41) is 8.17. The lowest BCUT2D eigenvalue weighted by Gasteiger charge is -2.04. The Hall–Kier alpha value is -1.84. The molecule has 2 rings (SSSR count). The number of hydrogen-bond donors (Lipinski definition) is 1. The van der Waals surface area contributed by atoms with E-state index in [0.29, 0.717) is 13.1 Å². The van der Waals surface area contributed by atoms with Crippen molar-refractivity contribution in [2.45, 2.75) is 0 Å². The maximum atomic E-state index is 11.1.